The van der Waals surface area contributed by atoms with Gasteiger partial charge in [0.15, 0.2) is 0 Å². The molecule has 1 aliphatic heterocycles. The van der Waals surface area contributed by atoms with Gasteiger partial charge in [-0.2, -0.15) is 0 Å². The standard InChI is InChI=1S/C16H32N2O2/c1-6-16(5,12-19)11-17-13-7-9-18(10-8-13)14(20)15(2,3)4/h13,17,19H,6-12H2,1-5H3. The first-order valence-corrected chi connectivity index (χ1v) is 7.85. The van der Waals surface area contributed by atoms with Crippen molar-refractivity contribution in [1.82, 2.24) is 10.2 Å². The maximum atomic E-state index is 12.2. The number of carbonyl (C=O) groups excluding carboxylic acids is 1. The van der Waals surface area contributed by atoms with E-state index in [9.17, 15) is 9.90 Å². The van der Waals surface area contributed by atoms with Gasteiger partial charge in [-0.1, -0.05) is 34.6 Å². The zero-order valence-electron chi connectivity index (χ0n) is 13.8. The summed E-state index contributed by atoms with van der Waals surface area (Å²) in [5.74, 6) is 0.254. The van der Waals surface area contributed by atoms with Gasteiger partial charge in [0.05, 0.1) is 0 Å². The summed E-state index contributed by atoms with van der Waals surface area (Å²) < 4.78 is 0. The fraction of sp³-hybridized carbons (Fsp3) is 0.938. The molecule has 1 rings (SSSR count). The predicted octanol–water partition coefficient (Wildman–Crippen LogP) is 2.02. The number of piperidine rings is 1. The van der Waals surface area contributed by atoms with Gasteiger partial charge < -0.3 is 15.3 Å². The summed E-state index contributed by atoms with van der Waals surface area (Å²) in [6, 6.07) is 0.469. The molecule has 0 aliphatic carbocycles. The third kappa shape index (κ3) is 4.74. The molecule has 0 aromatic rings. The zero-order chi connectivity index (χ0) is 15.4. The average Bonchev–Trinajstić information content (AvgIpc) is 2.43. The van der Waals surface area contributed by atoms with Gasteiger partial charge in [-0.3, -0.25) is 4.79 Å². The van der Waals surface area contributed by atoms with E-state index in [1.165, 1.54) is 0 Å². The van der Waals surface area contributed by atoms with Crippen molar-refractivity contribution in [3.8, 4) is 0 Å². The Hall–Kier alpha value is -0.610. The minimum absolute atomic E-state index is 0.0294. The van der Waals surface area contributed by atoms with Gasteiger partial charge in [-0.15, -0.1) is 0 Å². The van der Waals surface area contributed by atoms with Crippen LogP contribution in [-0.2, 0) is 4.79 Å². The molecule has 0 bridgehead atoms. The highest BCUT2D eigenvalue weighted by atomic mass is 16.3. The van der Waals surface area contributed by atoms with Crippen molar-refractivity contribution >= 4 is 5.91 Å². The largest absolute Gasteiger partial charge is 0.396 e. The second kappa shape index (κ2) is 6.90. The number of hydrogen-bond acceptors (Lipinski definition) is 3. The van der Waals surface area contributed by atoms with Gasteiger partial charge in [0.25, 0.3) is 0 Å². The Balaban J connectivity index is 2.38. The molecule has 4 nitrogen and oxygen atoms in total. The molecule has 1 saturated heterocycles. The fourth-order valence-electron chi connectivity index (χ4n) is 2.44. The average molecular weight is 284 g/mol. The van der Waals surface area contributed by atoms with Crippen LogP contribution in [0.1, 0.15) is 53.9 Å². The third-order valence-corrected chi connectivity index (χ3v) is 4.48. The van der Waals surface area contributed by atoms with Crippen LogP contribution >= 0.6 is 0 Å². The molecule has 20 heavy (non-hydrogen) atoms. The summed E-state index contributed by atoms with van der Waals surface area (Å²) in [4.78, 5) is 14.2. The van der Waals surface area contributed by atoms with Gasteiger partial charge >= 0.3 is 0 Å². The lowest BCUT2D eigenvalue weighted by atomic mass is 9.88. The van der Waals surface area contributed by atoms with E-state index in [1.807, 2.05) is 25.7 Å². The Morgan fingerprint density at radius 3 is 2.20 bits per heavy atom. The van der Waals surface area contributed by atoms with Crippen LogP contribution < -0.4 is 5.32 Å². The highest BCUT2D eigenvalue weighted by molar-refractivity contribution is 5.81. The zero-order valence-corrected chi connectivity index (χ0v) is 13.8. The van der Waals surface area contributed by atoms with E-state index in [1.54, 1.807) is 0 Å². The molecule has 118 valence electrons. The molecular weight excluding hydrogens is 252 g/mol. The second-order valence-electron chi connectivity index (χ2n) is 7.52. The van der Waals surface area contributed by atoms with E-state index in [4.69, 9.17) is 0 Å². The maximum Gasteiger partial charge on any atom is 0.227 e. The molecule has 1 fully saturated rings. The molecule has 1 atom stereocenters. The Morgan fingerprint density at radius 2 is 1.80 bits per heavy atom. The van der Waals surface area contributed by atoms with Crippen LogP contribution in [0.5, 0.6) is 0 Å². The highest BCUT2D eigenvalue weighted by Gasteiger charge is 2.31. The van der Waals surface area contributed by atoms with Gasteiger partial charge in [-0.25, -0.2) is 0 Å². The van der Waals surface area contributed by atoms with Crippen molar-refractivity contribution in [1.29, 1.82) is 0 Å². The molecule has 1 amide bonds. The van der Waals surface area contributed by atoms with E-state index >= 15 is 0 Å². The van der Waals surface area contributed by atoms with Crippen LogP contribution in [0.4, 0.5) is 0 Å². The van der Waals surface area contributed by atoms with Gasteiger partial charge in [0.1, 0.15) is 0 Å². The molecule has 0 saturated carbocycles. The lowest BCUT2D eigenvalue weighted by Crippen LogP contribution is -2.49. The van der Waals surface area contributed by atoms with Crippen LogP contribution in [0.15, 0.2) is 0 Å². The van der Waals surface area contributed by atoms with E-state index < -0.39 is 0 Å². The third-order valence-electron chi connectivity index (χ3n) is 4.48. The van der Waals surface area contributed by atoms with Gasteiger partial charge in [0, 0.05) is 43.1 Å². The number of amides is 1. The SMILES string of the molecule is CCC(C)(CO)CNC1CCN(C(=O)C(C)(C)C)CC1. The Kier molecular flexibility index (Phi) is 6.02. The Bertz CT molecular complexity index is 311. The van der Waals surface area contributed by atoms with Gasteiger partial charge in [-0.05, 0) is 19.3 Å². The Morgan fingerprint density at radius 1 is 1.25 bits per heavy atom. The lowest BCUT2D eigenvalue weighted by molar-refractivity contribution is -0.140. The van der Waals surface area contributed by atoms with E-state index in [0.29, 0.717) is 6.04 Å². The molecular formula is C16H32N2O2. The van der Waals surface area contributed by atoms with Gasteiger partial charge in [0.2, 0.25) is 5.91 Å². The van der Waals surface area contributed by atoms with Crippen molar-refractivity contribution < 1.29 is 9.90 Å². The predicted molar refractivity (Wildman–Crippen MR) is 82.5 cm³/mol. The smallest absolute Gasteiger partial charge is 0.227 e. The number of nitrogens with one attached hydrogen (secondary N) is 1. The second-order valence-corrected chi connectivity index (χ2v) is 7.52. The number of nitrogens with zero attached hydrogens (tertiary/aromatic N) is 1. The van der Waals surface area contributed by atoms with Crippen molar-refractivity contribution in [3.05, 3.63) is 0 Å². The Labute approximate surface area is 123 Å². The molecule has 0 aromatic carbocycles. The first-order valence-electron chi connectivity index (χ1n) is 7.85. The molecule has 1 aliphatic rings. The quantitative estimate of drug-likeness (QED) is 0.812. The van der Waals surface area contributed by atoms with E-state index in [-0.39, 0.29) is 23.3 Å². The molecule has 2 N–H and O–H groups in total. The number of likely N-dealkylation sites (tertiary alicyclic amines) is 1. The number of rotatable bonds is 5. The van der Waals surface area contributed by atoms with Crippen molar-refractivity contribution in [2.24, 2.45) is 10.8 Å². The summed E-state index contributed by atoms with van der Waals surface area (Å²) in [6.07, 6.45) is 2.98. The van der Waals surface area contributed by atoms with Crippen LogP contribution in [0.3, 0.4) is 0 Å². The minimum Gasteiger partial charge on any atom is -0.396 e. The summed E-state index contributed by atoms with van der Waals surface area (Å²) in [5, 5.41) is 13.0. The van der Waals surface area contributed by atoms with Crippen LogP contribution in [0, 0.1) is 10.8 Å². The van der Waals surface area contributed by atoms with E-state index in [2.05, 4.69) is 19.2 Å². The van der Waals surface area contributed by atoms with Crippen molar-refractivity contribution in [2.75, 3.05) is 26.2 Å². The molecule has 1 unspecified atom stereocenters. The van der Waals surface area contributed by atoms with Crippen molar-refractivity contribution in [2.45, 2.75) is 59.9 Å². The summed E-state index contributed by atoms with van der Waals surface area (Å²) in [6.45, 7) is 12.9. The molecule has 1 heterocycles. The highest BCUT2D eigenvalue weighted by Crippen LogP contribution is 2.22. The summed E-state index contributed by atoms with van der Waals surface area (Å²) in [5.41, 5.74) is -0.309. The normalized spacial score (nSPS) is 20.8. The van der Waals surface area contributed by atoms with Crippen LogP contribution in [0.25, 0.3) is 0 Å². The van der Waals surface area contributed by atoms with Crippen LogP contribution in [0.2, 0.25) is 0 Å². The first kappa shape index (κ1) is 17.4. The number of hydrogen-bond donors (Lipinski definition) is 2. The molecule has 0 radical (unpaired) electrons. The van der Waals surface area contributed by atoms with Crippen molar-refractivity contribution in [3.63, 3.8) is 0 Å². The fourth-order valence-corrected chi connectivity index (χ4v) is 2.44. The number of carbonyl (C=O) groups is 1. The van der Waals surface area contributed by atoms with Crippen LogP contribution in [-0.4, -0.2) is 48.2 Å². The first-order chi connectivity index (χ1) is 9.22. The summed E-state index contributed by atoms with van der Waals surface area (Å²) in [7, 11) is 0. The number of aliphatic hydroxyl groups excluding tert-OH is 1. The molecule has 4 heteroatoms. The summed E-state index contributed by atoms with van der Waals surface area (Å²) >= 11 is 0. The minimum atomic E-state index is -0.280. The lowest BCUT2D eigenvalue weighted by Gasteiger charge is -2.37. The topological polar surface area (TPSA) is 52.6 Å². The van der Waals surface area contributed by atoms with E-state index in [0.717, 1.165) is 38.9 Å². The number of aliphatic hydroxyl groups is 1. The molecule has 0 aromatic heterocycles. The monoisotopic (exact) mass is 284 g/mol. The molecule has 0 spiro atoms. The maximum absolute atomic E-state index is 12.2.